The topological polar surface area (TPSA) is 536 Å². The molecular weight excluding hydrogens is 1970 g/mol. The van der Waals surface area contributed by atoms with Crippen LogP contribution in [0.3, 0.4) is 0 Å². The van der Waals surface area contributed by atoms with Crippen molar-refractivity contribution in [3.05, 3.63) is 149 Å². The van der Waals surface area contributed by atoms with Gasteiger partial charge in [0.05, 0.1) is 55.1 Å². The number of amides is 16. The molecule has 19 rings (SSSR count). The monoisotopic (exact) mass is 2110 g/mol. The number of sulfonamides is 3. The van der Waals surface area contributed by atoms with Crippen molar-refractivity contribution in [1.82, 2.24) is 80.4 Å². The van der Waals surface area contributed by atoms with Crippen LogP contribution in [-0.4, -0.2) is 283 Å². The molecule has 0 spiro atoms. The van der Waals surface area contributed by atoms with Crippen LogP contribution in [0, 0.1) is 35.0 Å². The largest absolute Gasteiger partial charge is 0.450 e. The first-order chi connectivity index (χ1) is 70.3. The number of urea groups is 1. The maximum atomic E-state index is 14.5. The molecule has 7 saturated carbocycles. The van der Waals surface area contributed by atoms with Crippen molar-refractivity contribution in [3.63, 3.8) is 0 Å². The minimum Gasteiger partial charge on any atom is -0.450 e. The van der Waals surface area contributed by atoms with Crippen molar-refractivity contribution in [3.8, 4) is 0 Å². The van der Waals surface area contributed by atoms with E-state index in [2.05, 4.69) is 65.8 Å². The molecule has 0 radical (unpaired) electrons. The van der Waals surface area contributed by atoms with Gasteiger partial charge in [0, 0.05) is 83.3 Å². The van der Waals surface area contributed by atoms with Crippen molar-refractivity contribution < 1.29 is 121 Å². The minimum absolute atomic E-state index is 0.0415. The molecular formula is C103H134N16O26S3. The van der Waals surface area contributed by atoms with E-state index in [1.165, 1.54) is 32.9 Å². The van der Waals surface area contributed by atoms with Crippen molar-refractivity contribution in [2.45, 2.75) is 308 Å². The molecule has 45 heteroatoms. The zero-order valence-corrected chi connectivity index (χ0v) is 86.7. The number of benzene rings is 3. The molecule has 16 aliphatic rings. The molecule has 9 N–H and O–H groups in total. The van der Waals surface area contributed by atoms with Gasteiger partial charge in [-0.15, -0.1) is 19.7 Å². The second-order valence-electron chi connectivity index (χ2n) is 43.5. The number of ether oxygens (including phenoxy) is 5. The second kappa shape index (κ2) is 42.7. The SMILES string of the molecule is C=C[C@@H]1C[C@]1(NC(=O)[C@@H]1C[C@@H]2CN1C(=O)[C@H](C(C)(C)C)NC(=O)OCCCCc1cccc3c1CN(C3)C(=O)O2)C(=O)NS(=O)(=O)C1CC1.C=C[C@@H]1C[C@]1(NC(=O)[C@@H]1C[C@@H]2CN1C(=O)[C@H](C(C)C)NC(=O)OCCCCc1cccc3c1CN(C3)C(=O)O2)C(=O)NS(=O)(=O)C1CC1.C=C[C@@H]1C[C@]1(NC(=O)[C@@H]1C[C@@H]2CN1C(=O)[C@H](C1CCCC1)NC(=O)N(C)CC/C=C/c1cccc3c1CN(C3)C(=O)O2)C(=O)NS(=O)(=O)C1CC1. The Morgan fingerprint density at radius 3 is 1.22 bits per heavy atom. The Balaban J connectivity index is 0.000000152. The van der Waals surface area contributed by atoms with Crippen LogP contribution in [0.5, 0.6) is 0 Å². The van der Waals surface area contributed by atoms with Gasteiger partial charge in [0.15, 0.2) is 0 Å². The number of hydrogen-bond acceptors (Lipinski definition) is 26. The number of cyclic esters (lactones) is 2. The van der Waals surface area contributed by atoms with E-state index < -0.39 is 236 Å². The van der Waals surface area contributed by atoms with Crippen LogP contribution in [0.15, 0.2) is 98.6 Å². The summed E-state index contributed by atoms with van der Waals surface area (Å²) in [6.07, 6.45) is 13.6. The van der Waals surface area contributed by atoms with Crippen LogP contribution in [-0.2, 0) is 149 Å². The van der Waals surface area contributed by atoms with Gasteiger partial charge in [0.1, 0.15) is 71.2 Å². The first kappa shape index (κ1) is 107. The van der Waals surface area contributed by atoms with Gasteiger partial charge in [-0.3, -0.25) is 72.0 Å². The van der Waals surface area contributed by atoms with Crippen LogP contribution in [0.25, 0.3) is 6.08 Å². The first-order valence-corrected chi connectivity index (χ1v) is 56.1. The number of aryl methyl sites for hydroxylation is 2. The Bertz CT molecular complexity index is 6230. The lowest BCUT2D eigenvalue weighted by Gasteiger charge is -2.35. The molecule has 12 bridgehead atoms. The standard InChI is InChI=1S/C36H46N6O8S.C34H45N5O9S.C33H43N5O9S/c1-3-25-18-36(25,33(45)39-51(48,49)27-14-15-27)38-31(43)29-17-26-20-42(29)32(44)30(23-10-4-5-11-23)37-34(46)40(2)16-7-6-9-22-12-8-13-24-19-41(21-28(22)24)35(47)50-26;1-5-22-16-34(22,30(42)37-49(45,46)24-12-13-24)36-28(40)26-15-23-18-39(26)29(41)27(33(2,3)4)35-31(43)47-14-7-6-9-20-10-8-11-21-17-38(19-25(20)21)32(44)48-23;1-4-22-15-33(22,30(41)36-48(44,45)24-11-12-24)35-28(39)26-14-23-17-38(26)29(40)27(19(2)3)34-31(42)46-13-6-5-8-20-9-7-10-21-16-37(18-25(20)21)32(43)47-23/h3,6,8-9,12-13,23,25-27,29-30H,1,4-5,7,10-11,14-21H2,2H3,(H,37,46)(H,38,43)(H,39,45);5,8,10-11,22-24,26-27H,1,6-7,9,12-19H2,2-4H3,(H,35,43)(H,36,40)(H,37,42);4,7,9-10,19,22-24,26-27H,1,5-6,8,11-18H2,2-3H3,(H,34,42)(H,35,39)(H,36,41)/b9-6+;;/t25-,26-,29+,30+,36-;22-,23-,26+,27-,34-;22-,23-,26+,27+,33-/m111/s1. The Kier molecular flexibility index (Phi) is 30.8. The normalized spacial score (nSPS) is 29.7. The van der Waals surface area contributed by atoms with Crippen LogP contribution in [0.2, 0.25) is 0 Å². The molecule has 800 valence electrons. The maximum absolute atomic E-state index is 14.5. The lowest BCUT2D eigenvalue weighted by molar-refractivity contribution is -0.143. The lowest BCUT2D eigenvalue weighted by atomic mass is 9.85. The van der Waals surface area contributed by atoms with Crippen molar-refractivity contribution >= 4 is 126 Å². The van der Waals surface area contributed by atoms with Crippen molar-refractivity contribution in [1.29, 1.82) is 0 Å². The van der Waals surface area contributed by atoms with Gasteiger partial charge in [-0.05, 0) is 183 Å². The van der Waals surface area contributed by atoms with Crippen LogP contribution >= 0.6 is 0 Å². The van der Waals surface area contributed by atoms with E-state index in [0.29, 0.717) is 104 Å². The van der Waals surface area contributed by atoms with Gasteiger partial charge in [0.2, 0.25) is 65.5 Å². The number of nitrogens with zero attached hydrogens (tertiary/aromatic N) is 7. The van der Waals surface area contributed by atoms with Gasteiger partial charge in [0.25, 0.3) is 17.7 Å². The Morgan fingerprint density at radius 1 is 0.459 bits per heavy atom. The molecule has 3 aromatic rings. The number of nitrogens with one attached hydrogen (secondary N) is 9. The summed E-state index contributed by atoms with van der Waals surface area (Å²) in [4.78, 5) is 215. The smallest absolute Gasteiger partial charge is 0.410 e. The summed E-state index contributed by atoms with van der Waals surface area (Å²) >= 11 is 0. The summed E-state index contributed by atoms with van der Waals surface area (Å²) in [6.45, 7) is 22.5. The molecule has 3 saturated heterocycles. The average molecular weight is 2110 g/mol. The van der Waals surface area contributed by atoms with Gasteiger partial charge in [-0.25, -0.2) is 54.0 Å². The zero-order valence-electron chi connectivity index (χ0n) is 84.2. The van der Waals surface area contributed by atoms with Gasteiger partial charge in [-0.2, -0.15) is 0 Å². The third-order valence-corrected chi connectivity index (χ3v) is 36.9. The molecule has 0 unspecified atom stereocenters. The fourth-order valence-electron chi connectivity index (χ4n) is 21.9. The molecule has 0 aromatic heterocycles. The predicted molar refractivity (Wildman–Crippen MR) is 533 cm³/mol. The van der Waals surface area contributed by atoms with E-state index in [0.717, 1.165) is 101 Å². The number of alkyl carbamates (subject to hydrolysis) is 2. The van der Waals surface area contributed by atoms with Crippen LogP contribution < -0.4 is 46.1 Å². The fourth-order valence-corrected chi connectivity index (χ4v) is 26.0. The summed E-state index contributed by atoms with van der Waals surface area (Å²) in [7, 11) is -10.0. The summed E-state index contributed by atoms with van der Waals surface area (Å²) in [5.41, 5.74) is 3.87. The number of fused-ring (bicyclic) bond motifs is 9. The van der Waals surface area contributed by atoms with E-state index in [1.807, 2.05) is 66.7 Å². The fraction of sp³-hybridized carbons (Fsp3) is 0.602. The third-order valence-electron chi connectivity index (χ3n) is 31.5. The van der Waals surface area contributed by atoms with E-state index in [4.69, 9.17) is 23.7 Å². The Hall–Kier alpha value is -12.7. The highest BCUT2D eigenvalue weighted by Gasteiger charge is 2.66. The van der Waals surface area contributed by atoms with Crippen LogP contribution in [0.4, 0.5) is 28.8 Å². The molecule has 9 heterocycles. The number of hydrogen-bond donors (Lipinski definition) is 9. The minimum atomic E-state index is -3.90. The first-order valence-electron chi connectivity index (χ1n) is 51.5. The Labute approximate surface area is 860 Å². The van der Waals surface area contributed by atoms with E-state index in [-0.39, 0.29) is 77.3 Å². The van der Waals surface area contributed by atoms with Gasteiger partial charge in [-0.1, -0.05) is 132 Å². The summed E-state index contributed by atoms with van der Waals surface area (Å²) in [5.74, 6) is -8.42. The number of rotatable bonds is 20. The summed E-state index contributed by atoms with van der Waals surface area (Å²) < 4.78 is 111. The molecule has 9 aliphatic heterocycles. The third kappa shape index (κ3) is 23.2. The number of carbonyl (C=O) groups excluding carboxylic acids is 15. The lowest BCUT2D eigenvalue weighted by Crippen LogP contribution is -2.60. The molecule has 3 aromatic carbocycles. The van der Waals surface area contributed by atoms with Crippen molar-refractivity contribution in [2.24, 2.45) is 35.0 Å². The summed E-state index contributed by atoms with van der Waals surface area (Å²) in [5, 5.41) is 14.6. The van der Waals surface area contributed by atoms with E-state index in [9.17, 15) is 97.2 Å². The predicted octanol–water partition coefficient (Wildman–Crippen LogP) is 6.51. The second-order valence-corrected chi connectivity index (χ2v) is 49.4. The molecule has 10 fully saturated rings. The zero-order chi connectivity index (χ0) is 106. The Morgan fingerprint density at radius 2 is 0.831 bits per heavy atom. The molecule has 7 aliphatic carbocycles. The highest BCUT2D eigenvalue weighted by atomic mass is 32.2. The summed E-state index contributed by atoms with van der Waals surface area (Å²) in [6, 6.07) is 10.8. The molecule has 42 nitrogen and oxygen atoms in total. The van der Waals surface area contributed by atoms with E-state index in [1.54, 1.807) is 61.3 Å². The van der Waals surface area contributed by atoms with Gasteiger partial charge < -0.3 is 75.2 Å². The molecule has 148 heavy (non-hydrogen) atoms. The van der Waals surface area contributed by atoms with Crippen LogP contribution in [0.1, 0.15) is 220 Å². The number of carbonyl (C=O) groups is 15. The quantitative estimate of drug-likeness (QED) is 0.0429. The highest BCUT2D eigenvalue weighted by Crippen LogP contribution is 2.50. The maximum Gasteiger partial charge on any atom is 0.410 e. The van der Waals surface area contributed by atoms with Gasteiger partial charge >= 0.3 is 36.5 Å². The van der Waals surface area contributed by atoms with Crippen molar-refractivity contribution in [2.75, 3.05) is 46.4 Å². The highest BCUT2D eigenvalue weighted by molar-refractivity contribution is 7.91. The molecule has 15 atom stereocenters. The molecule has 16 amide bonds. The van der Waals surface area contributed by atoms with E-state index >= 15 is 0 Å². The average Bonchev–Trinajstić information content (AvgIpc) is 1.58.